The number of nitrogens with two attached hydrogens (primary N) is 2. The molecule has 0 fully saturated rings. The number of pyridine rings is 2. The molecule has 116 valence electrons. The highest BCUT2D eigenvalue weighted by Crippen LogP contribution is 2.43. The van der Waals surface area contributed by atoms with Crippen molar-refractivity contribution in [2.45, 2.75) is 25.7 Å². The average Bonchev–Trinajstić information content (AvgIpc) is 2.90. The first-order valence-corrected chi connectivity index (χ1v) is 8.42. The van der Waals surface area contributed by atoms with Crippen molar-refractivity contribution in [2.75, 3.05) is 5.73 Å². The second kappa shape index (κ2) is 5.31. The van der Waals surface area contributed by atoms with Crippen molar-refractivity contribution in [1.29, 1.82) is 0 Å². The molecule has 0 radical (unpaired) electrons. The summed E-state index contributed by atoms with van der Waals surface area (Å²) in [6, 6.07) is 3.94. The first-order valence-electron chi connectivity index (χ1n) is 7.60. The predicted molar refractivity (Wildman–Crippen MR) is 92.4 cm³/mol. The molecule has 4 rings (SSSR count). The van der Waals surface area contributed by atoms with Crippen LogP contribution in [0.3, 0.4) is 0 Å². The maximum Gasteiger partial charge on any atom is 0.260 e. The van der Waals surface area contributed by atoms with E-state index >= 15 is 0 Å². The van der Waals surface area contributed by atoms with E-state index in [1.165, 1.54) is 16.9 Å². The van der Waals surface area contributed by atoms with E-state index in [4.69, 9.17) is 16.5 Å². The van der Waals surface area contributed by atoms with Crippen LogP contribution in [0.5, 0.6) is 0 Å². The van der Waals surface area contributed by atoms with Gasteiger partial charge in [-0.2, -0.15) is 0 Å². The second-order valence-electron chi connectivity index (χ2n) is 5.75. The Bertz CT molecular complexity index is 917. The van der Waals surface area contributed by atoms with Gasteiger partial charge in [0.05, 0.1) is 5.69 Å². The molecule has 0 unspecified atom stereocenters. The van der Waals surface area contributed by atoms with Crippen molar-refractivity contribution in [3.63, 3.8) is 0 Å². The van der Waals surface area contributed by atoms with Crippen LogP contribution in [0.15, 0.2) is 24.5 Å². The molecular formula is C17H16N4OS. The Balaban J connectivity index is 2.13. The number of anilines is 1. The van der Waals surface area contributed by atoms with Gasteiger partial charge in [0, 0.05) is 34.6 Å². The summed E-state index contributed by atoms with van der Waals surface area (Å²) in [6.07, 6.45) is 7.80. The Hall–Kier alpha value is -2.47. The normalized spacial score (nSPS) is 13.9. The Morgan fingerprint density at radius 2 is 2.09 bits per heavy atom. The number of nitrogens with zero attached hydrogens (tertiary/aromatic N) is 2. The molecule has 0 saturated heterocycles. The molecule has 0 spiro atoms. The van der Waals surface area contributed by atoms with Crippen LogP contribution in [0.4, 0.5) is 5.69 Å². The molecular weight excluding hydrogens is 308 g/mol. The quantitative estimate of drug-likeness (QED) is 0.757. The van der Waals surface area contributed by atoms with Crippen LogP contribution in [0.2, 0.25) is 0 Å². The number of carbonyl (C=O) groups excluding carboxylic acids is 1. The molecule has 0 atom stereocenters. The molecule has 3 aromatic heterocycles. The van der Waals surface area contributed by atoms with Gasteiger partial charge in [0.25, 0.3) is 5.91 Å². The lowest BCUT2D eigenvalue weighted by Gasteiger charge is -2.20. The fourth-order valence-corrected chi connectivity index (χ4v) is 4.30. The third kappa shape index (κ3) is 2.17. The van der Waals surface area contributed by atoms with Gasteiger partial charge in [-0.1, -0.05) is 6.07 Å². The number of primary amides is 1. The van der Waals surface area contributed by atoms with Gasteiger partial charge < -0.3 is 11.5 Å². The highest BCUT2D eigenvalue weighted by molar-refractivity contribution is 7.21. The van der Waals surface area contributed by atoms with E-state index in [0.717, 1.165) is 52.7 Å². The summed E-state index contributed by atoms with van der Waals surface area (Å²) in [4.78, 5) is 21.9. The molecule has 3 heterocycles. The van der Waals surface area contributed by atoms with E-state index in [1.807, 2.05) is 18.3 Å². The third-order valence-corrected chi connectivity index (χ3v) is 5.44. The number of aromatic nitrogens is 2. The summed E-state index contributed by atoms with van der Waals surface area (Å²) in [5, 5.41) is 0.845. The highest BCUT2D eigenvalue weighted by Gasteiger charge is 2.24. The average molecular weight is 324 g/mol. The molecule has 1 aliphatic rings. The van der Waals surface area contributed by atoms with Crippen LogP contribution < -0.4 is 11.5 Å². The number of hydrogen-bond donors (Lipinski definition) is 2. The molecule has 0 aliphatic heterocycles. The van der Waals surface area contributed by atoms with Gasteiger partial charge in [0.1, 0.15) is 9.71 Å². The lowest BCUT2D eigenvalue weighted by Crippen LogP contribution is -2.11. The first-order chi connectivity index (χ1) is 11.2. The van der Waals surface area contributed by atoms with E-state index in [0.29, 0.717) is 10.6 Å². The Labute approximate surface area is 137 Å². The van der Waals surface area contributed by atoms with E-state index in [2.05, 4.69) is 4.98 Å². The number of thiophene rings is 1. The van der Waals surface area contributed by atoms with Crippen molar-refractivity contribution in [3.05, 3.63) is 40.7 Å². The number of carbonyl (C=O) groups is 1. The molecule has 0 bridgehead atoms. The molecule has 1 amide bonds. The summed E-state index contributed by atoms with van der Waals surface area (Å²) in [7, 11) is 0. The highest BCUT2D eigenvalue weighted by atomic mass is 32.1. The smallest absolute Gasteiger partial charge is 0.260 e. The number of nitrogen functional groups attached to an aromatic ring is 1. The predicted octanol–water partition coefficient (Wildman–Crippen LogP) is 2.92. The van der Waals surface area contributed by atoms with Crippen LogP contribution in [-0.4, -0.2) is 15.9 Å². The Morgan fingerprint density at radius 1 is 1.26 bits per heavy atom. The Kier molecular flexibility index (Phi) is 3.27. The summed E-state index contributed by atoms with van der Waals surface area (Å²) in [6.45, 7) is 0. The minimum Gasteiger partial charge on any atom is -0.397 e. The standard InChI is InChI=1S/C17H16N4OS/c18-14-13-12(9-4-3-7-20-8-9)10-5-1-2-6-11(10)21-17(13)23-15(14)16(19)22/h3-4,7-8H,1-2,5-6,18H2,(H2,19,22). The minimum absolute atomic E-state index is 0.389. The van der Waals surface area contributed by atoms with E-state index in [-0.39, 0.29) is 0 Å². The van der Waals surface area contributed by atoms with Crippen LogP contribution in [0.1, 0.15) is 33.8 Å². The SMILES string of the molecule is NC(=O)c1sc2nc3c(c(-c4cccnc4)c2c1N)CCCC3. The van der Waals surface area contributed by atoms with Crippen LogP contribution in [0.25, 0.3) is 21.3 Å². The van der Waals surface area contributed by atoms with E-state index in [9.17, 15) is 4.79 Å². The largest absolute Gasteiger partial charge is 0.397 e. The van der Waals surface area contributed by atoms with Crippen LogP contribution in [-0.2, 0) is 12.8 Å². The third-order valence-electron chi connectivity index (χ3n) is 4.33. The molecule has 5 nitrogen and oxygen atoms in total. The van der Waals surface area contributed by atoms with E-state index < -0.39 is 5.91 Å². The maximum atomic E-state index is 11.7. The molecule has 3 aromatic rings. The maximum absolute atomic E-state index is 11.7. The molecule has 1 aliphatic carbocycles. The van der Waals surface area contributed by atoms with Gasteiger partial charge in [-0.05, 0) is 37.3 Å². The fourth-order valence-electron chi connectivity index (χ4n) is 3.32. The van der Waals surface area contributed by atoms with Crippen molar-refractivity contribution in [1.82, 2.24) is 9.97 Å². The molecule has 6 heteroatoms. The van der Waals surface area contributed by atoms with Gasteiger partial charge in [-0.25, -0.2) is 4.98 Å². The van der Waals surface area contributed by atoms with Crippen LogP contribution in [0, 0.1) is 0 Å². The zero-order valence-electron chi connectivity index (χ0n) is 12.5. The second-order valence-corrected chi connectivity index (χ2v) is 6.75. The zero-order chi connectivity index (χ0) is 16.0. The number of aryl methyl sites for hydroxylation is 1. The van der Waals surface area contributed by atoms with Crippen molar-refractivity contribution in [2.24, 2.45) is 5.73 Å². The monoisotopic (exact) mass is 324 g/mol. The molecule has 0 saturated carbocycles. The lowest BCUT2D eigenvalue weighted by atomic mass is 9.88. The number of amides is 1. The van der Waals surface area contributed by atoms with Gasteiger partial charge in [-0.3, -0.25) is 9.78 Å². The van der Waals surface area contributed by atoms with Crippen molar-refractivity contribution >= 4 is 33.1 Å². The van der Waals surface area contributed by atoms with Gasteiger partial charge in [0.2, 0.25) is 0 Å². The van der Waals surface area contributed by atoms with Crippen LogP contribution >= 0.6 is 11.3 Å². The topological polar surface area (TPSA) is 94.9 Å². The minimum atomic E-state index is -0.499. The van der Waals surface area contributed by atoms with Gasteiger partial charge >= 0.3 is 0 Å². The fraction of sp³-hybridized carbons (Fsp3) is 0.235. The van der Waals surface area contributed by atoms with E-state index in [1.54, 1.807) is 6.20 Å². The lowest BCUT2D eigenvalue weighted by molar-refractivity contribution is 0.100. The molecule has 23 heavy (non-hydrogen) atoms. The number of fused-ring (bicyclic) bond motifs is 2. The van der Waals surface area contributed by atoms with Crippen molar-refractivity contribution in [3.8, 4) is 11.1 Å². The first kappa shape index (κ1) is 14.1. The summed E-state index contributed by atoms with van der Waals surface area (Å²) < 4.78 is 0. The molecule has 0 aromatic carbocycles. The number of hydrogen-bond acceptors (Lipinski definition) is 5. The molecule has 4 N–H and O–H groups in total. The Morgan fingerprint density at radius 3 is 2.83 bits per heavy atom. The zero-order valence-corrected chi connectivity index (χ0v) is 13.3. The summed E-state index contributed by atoms with van der Waals surface area (Å²) >= 11 is 1.28. The van der Waals surface area contributed by atoms with Gasteiger partial charge in [0.15, 0.2) is 0 Å². The summed E-state index contributed by atoms with van der Waals surface area (Å²) in [5.41, 5.74) is 16.6. The van der Waals surface area contributed by atoms with Gasteiger partial charge in [-0.15, -0.1) is 11.3 Å². The van der Waals surface area contributed by atoms with Crippen molar-refractivity contribution < 1.29 is 4.79 Å². The number of rotatable bonds is 2. The summed E-state index contributed by atoms with van der Waals surface area (Å²) in [5.74, 6) is -0.499.